The van der Waals surface area contributed by atoms with E-state index in [1.807, 2.05) is 36.4 Å². The number of fused-ring (bicyclic) bond motifs is 5. The first-order chi connectivity index (χ1) is 19.0. The van der Waals surface area contributed by atoms with E-state index in [4.69, 9.17) is 9.40 Å². The number of anilines is 3. The van der Waals surface area contributed by atoms with E-state index in [-0.39, 0.29) is 5.56 Å². The molecule has 0 amide bonds. The van der Waals surface area contributed by atoms with Crippen LogP contribution >= 0.6 is 0 Å². The standard InChI is InChI=1S/C28H28N8O3/c1-32-13-15-33(16-14-32)20-7-5-19(6-8-20)30-27-29-18-22-25(31-27)36-21-9-10-24-23(17-21)34(28(38)39-24)11-3-2-4-12-35(36)26(22)37/h2,4-10,17-18H,3,11-16H2,1H3,(H,29,30,31)/b4-2+. The number of hydrogen-bond donors (Lipinski definition) is 1. The van der Waals surface area contributed by atoms with Gasteiger partial charge in [-0.05, 0) is 55.9 Å². The van der Waals surface area contributed by atoms with Crippen LogP contribution < -0.4 is 21.5 Å². The summed E-state index contributed by atoms with van der Waals surface area (Å²) in [6, 6.07) is 13.7. The molecule has 0 unspecified atom stereocenters. The highest BCUT2D eigenvalue weighted by atomic mass is 16.4. The highest BCUT2D eigenvalue weighted by Gasteiger charge is 2.20. The monoisotopic (exact) mass is 524 g/mol. The fourth-order valence-electron chi connectivity index (χ4n) is 5.36. The van der Waals surface area contributed by atoms with Gasteiger partial charge in [0.15, 0.2) is 11.2 Å². The third-order valence-electron chi connectivity index (χ3n) is 7.53. The maximum atomic E-state index is 13.4. The summed E-state index contributed by atoms with van der Waals surface area (Å²) in [5.74, 6) is -0.00101. The molecular weight excluding hydrogens is 496 g/mol. The zero-order valence-electron chi connectivity index (χ0n) is 21.6. The third kappa shape index (κ3) is 4.11. The van der Waals surface area contributed by atoms with Gasteiger partial charge >= 0.3 is 5.76 Å². The van der Waals surface area contributed by atoms with Crippen LogP contribution in [0, 0.1) is 0 Å². The maximum Gasteiger partial charge on any atom is 0.419 e. The van der Waals surface area contributed by atoms with Crippen LogP contribution in [0.15, 0.2) is 74.8 Å². The molecule has 2 bridgehead atoms. The zero-order valence-corrected chi connectivity index (χ0v) is 21.6. The molecule has 1 saturated heterocycles. The summed E-state index contributed by atoms with van der Waals surface area (Å²) < 4.78 is 10.5. The molecule has 3 aromatic heterocycles. The maximum absolute atomic E-state index is 13.4. The summed E-state index contributed by atoms with van der Waals surface area (Å²) in [5.41, 5.74) is 4.25. The highest BCUT2D eigenvalue weighted by Crippen LogP contribution is 2.24. The second kappa shape index (κ2) is 9.28. The first kappa shape index (κ1) is 23.5. The van der Waals surface area contributed by atoms with Crippen molar-refractivity contribution in [1.82, 2.24) is 28.8 Å². The van der Waals surface area contributed by atoms with Gasteiger partial charge in [0.1, 0.15) is 5.39 Å². The molecule has 2 aliphatic heterocycles. The van der Waals surface area contributed by atoms with Crippen LogP contribution in [0.5, 0.6) is 0 Å². The summed E-state index contributed by atoms with van der Waals surface area (Å²) in [7, 11) is 2.15. The minimum absolute atomic E-state index is 0.179. The van der Waals surface area contributed by atoms with Gasteiger partial charge in [0.2, 0.25) is 5.95 Å². The van der Waals surface area contributed by atoms with Crippen molar-refractivity contribution >= 4 is 39.5 Å². The van der Waals surface area contributed by atoms with Gasteiger partial charge in [-0.1, -0.05) is 12.2 Å². The molecule has 1 N–H and O–H groups in total. The molecule has 2 aromatic carbocycles. The Morgan fingerprint density at radius 3 is 2.54 bits per heavy atom. The molecular formula is C28H28N8O3. The average molecular weight is 525 g/mol. The number of hydrogen-bond acceptors (Lipinski definition) is 8. The molecule has 0 spiro atoms. The SMILES string of the molecule is CN1CCN(c2ccc(Nc3ncc4c(=O)n5n(c4n3)-c3ccc4oc(=O)n(c4c3)CC/C=C/C5)cc2)CC1. The Hall–Kier alpha value is -4.64. The average Bonchev–Trinajstić information content (AvgIpc) is 3.40. The molecule has 2 aliphatic rings. The molecule has 0 aliphatic carbocycles. The minimum Gasteiger partial charge on any atom is -0.408 e. The largest absolute Gasteiger partial charge is 0.419 e. The minimum atomic E-state index is -0.392. The van der Waals surface area contributed by atoms with Crippen molar-refractivity contribution in [2.45, 2.75) is 19.5 Å². The van der Waals surface area contributed by atoms with Crippen LogP contribution in [0.2, 0.25) is 0 Å². The lowest BCUT2D eigenvalue weighted by atomic mass is 10.2. The van der Waals surface area contributed by atoms with Crippen molar-refractivity contribution in [1.29, 1.82) is 0 Å². The predicted octanol–water partition coefficient (Wildman–Crippen LogP) is 2.95. The fourth-order valence-corrected chi connectivity index (χ4v) is 5.36. The van der Waals surface area contributed by atoms with Crippen molar-refractivity contribution in [2.75, 3.05) is 43.4 Å². The Bertz CT molecular complexity index is 1840. The van der Waals surface area contributed by atoms with Crippen LogP contribution in [-0.2, 0) is 13.1 Å². The van der Waals surface area contributed by atoms with E-state index in [0.29, 0.717) is 53.3 Å². The molecule has 11 nitrogen and oxygen atoms in total. The van der Waals surface area contributed by atoms with Crippen LogP contribution in [-0.4, -0.2) is 62.0 Å². The number of benzene rings is 2. The van der Waals surface area contributed by atoms with Gasteiger partial charge in [-0.3, -0.25) is 9.36 Å². The van der Waals surface area contributed by atoms with E-state index in [1.54, 1.807) is 26.2 Å². The van der Waals surface area contributed by atoms with E-state index >= 15 is 0 Å². The zero-order chi connectivity index (χ0) is 26.5. The molecule has 39 heavy (non-hydrogen) atoms. The second-order valence-corrected chi connectivity index (χ2v) is 10.0. The number of allylic oxidation sites excluding steroid dienone is 2. The molecule has 5 heterocycles. The van der Waals surface area contributed by atoms with Crippen LogP contribution in [0.25, 0.3) is 27.8 Å². The number of likely N-dealkylation sites (N-methyl/N-ethyl adjacent to an activating group) is 1. The Balaban J connectivity index is 1.28. The summed E-state index contributed by atoms with van der Waals surface area (Å²) in [6.45, 7) is 4.99. The summed E-state index contributed by atoms with van der Waals surface area (Å²) in [6.07, 6.45) is 6.12. The van der Waals surface area contributed by atoms with Crippen LogP contribution in [0.1, 0.15) is 6.42 Å². The number of aromatic nitrogens is 5. The number of nitrogens with zero attached hydrogens (tertiary/aromatic N) is 7. The van der Waals surface area contributed by atoms with E-state index < -0.39 is 5.76 Å². The van der Waals surface area contributed by atoms with Gasteiger partial charge < -0.3 is 19.5 Å². The Labute approximate surface area is 223 Å². The molecule has 0 radical (unpaired) electrons. The molecule has 0 atom stereocenters. The van der Waals surface area contributed by atoms with E-state index in [2.05, 4.69) is 39.3 Å². The summed E-state index contributed by atoms with van der Waals surface area (Å²) in [5, 5.41) is 3.71. The molecule has 1 fully saturated rings. The number of aryl methyl sites for hydroxylation is 1. The molecule has 0 saturated carbocycles. The number of nitrogens with one attached hydrogen (secondary N) is 1. The number of piperazine rings is 1. The Morgan fingerprint density at radius 1 is 0.923 bits per heavy atom. The molecule has 11 heteroatoms. The normalized spacial score (nSPS) is 16.9. The Morgan fingerprint density at radius 2 is 1.72 bits per heavy atom. The van der Waals surface area contributed by atoms with Crippen LogP contribution in [0.4, 0.5) is 17.3 Å². The quantitative estimate of drug-likeness (QED) is 0.359. The molecule has 198 valence electrons. The predicted molar refractivity (Wildman–Crippen MR) is 150 cm³/mol. The van der Waals surface area contributed by atoms with Crippen molar-refractivity contribution in [3.63, 3.8) is 0 Å². The van der Waals surface area contributed by atoms with E-state index in [9.17, 15) is 9.59 Å². The van der Waals surface area contributed by atoms with Crippen molar-refractivity contribution in [3.8, 4) is 5.69 Å². The lowest BCUT2D eigenvalue weighted by Gasteiger charge is -2.34. The van der Waals surface area contributed by atoms with Gasteiger partial charge in [0, 0.05) is 50.3 Å². The fraction of sp³-hybridized carbons (Fsp3) is 0.286. The second-order valence-electron chi connectivity index (χ2n) is 10.0. The molecule has 7 rings (SSSR count). The smallest absolute Gasteiger partial charge is 0.408 e. The van der Waals surface area contributed by atoms with Gasteiger partial charge in [-0.25, -0.2) is 19.1 Å². The Kier molecular flexibility index (Phi) is 5.58. The first-order valence-corrected chi connectivity index (χ1v) is 13.1. The van der Waals surface area contributed by atoms with Crippen molar-refractivity contribution in [3.05, 3.63) is 81.7 Å². The van der Waals surface area contributed by atoms with Gasteiger partial charge in [0.25, 0.3) is 5.56 Å². The summed E-state index contributed by atoms with van der Waals surface area (Å²) in [4.78, 5) is 39.8. The topological polar surface area (TPSA) is 106 Å². The highest BCUT2D eigenvalue weighted by molar-refractivity contribution is 5.80. The third-order valence-corrected chi connectivity index (χ3v) is 7.53. The first-order valence-electron chi connectivity index (χ1n) is 13.1. The van der Waals surface area contributed by atoms with E-state index in [1.165, 1.54) is 5.69 Å². The van der Waals surface area contributed by atoms with Gasteiger partial charge in [0.05, 0.1) is 17.7 Å². The van der Waals surface area contributed by atoms with Gasteiger partial charge in [-0.2, -0.15) is 4.98 Å². The number of rotatable bonds is 3. The number of oxazole rings is 1. The van der Waals surface area contributed by atoms with Crippen molar-refractivity contribution < 1.29 is 4.42 Å². The molecule has 5 aromatic rings. The lowest BCUT2D eigenvalue weighted by molar-refractivity contribution is 0.313. The summed E-state index contributed by atoms with van der Waals surface area (Å²) >= 11 is 0. The van der Waals surface area contributed by atoms with E-state index in [0.717, 1.165) is 31.9 Å². The van der Waals surface area contributed by atoms with Crippen molar-refractivity contribution in [2.24, 2.45) is 0 Å². The van der Waals surface area contributed by atoms with Crippen LogP contribution in [0.3, 0.4) is 0 Å². The lowest BCUT2D eigenvalue weighted by Crippen LogP contribution is -2.44. The van der Waals surface area contributed by atoms with Gasteiger partial charge in [-0.15, -0.1) is 0 Å².